The molecule has 3 N–H and O–H groups in total. The summed E-state index contributed by atoms with van der Waals surface area (Å²) >= 11 is 0. The number of unbranched alkanes of at least 4 members (excludes halogenated alkanes) is 1. The Morgan fingerprint density at radius 2 is 1.62 bits per heavy atom. The van der Waals surface area contributed by atoms with Crippen LogP contribution in [0.5, 0.6) is 5.75 Å². The first-order valence-electron chi connectivity index (χ1n) is 12.0. The van der Waals surface area contributed by atoms with E-state index in [1.165, 1.54) is 11.3 Å². The zero-order chi connectivity index (χ0) is 23.8. The number of hydrogen-bond acceptors (Lipinski definition) is 4. The van der Waals surface area contributed by atoms with Gasteiger partial charge in [0.1, 0.15) is 11.6 Å². The van der Waals surface area contributed by atoms with Crippen LogP contribution in [-0.2, 0) is 26.1 Å². The highest BCUT2D eigenvalue weighted by Crippen LogP contribution is 2.25. The number of phenols is 1. The average Bonchev–Trinajstić information content (AvgIpc) is 3.29. The van der Waals surface area contributed by atoms with Crippen molar-refractivity contribution in [1.82, 2.24) is 14.9 Å². The van der Waals surface area contributed by atoms with Crippen molar-refractivity contribution in [2.75, 3.05) is 0 Å². The molecule has 0 radical (unpaired) electrons. The highest BCUT2D eigenvalue weighted by atomic mass is 16.3. The second-order valence-corrected chi connectivity index (χ2v) is 8.65. The van der Waals surface area contributed by atoms with Gasteiger partial charge in [-0.05, 0) is 35.2 Å². The molecule has 0 spiro atoms. The summed E-state index contributed by atoms with van der Waals surface area (Å²) in [6, 6.07) is 25.9. The number of benzene rings is 3. The van der Waals surface area contributed by atoms with E-state index in [2.05, 4.69) is 53.2 Å². The molecule has 1 aromatic heterocycles. The van der Waals surface area contributed by atoms with E-state index in [1.807, 2.05) is 36.5 Å². The van der Waals surface area contributed by atoms with Gasteiger partial charge in [-0.15, -0.1) is 0 Å². The van der Waals surface area contributed by atoms with Crippen molar-refractivity contribution in [2.24, 2.45) is 0 Å². The van der Waals surface area contributed by atoms with E-state index >= 15 is 0 Å². The van der Waals surface area contributed by atoms with Crippen LogP contribution in [0.3, 0.4) is 0 Å². The highest BCUT2D eigenvalue weighted by Gasteiger charge is 2.18. The summed E-state index contributed by atoms with van der Waals surface area (Å²) < 4.78 is 2.36. The Morgan fingerprint density at radius 3 is 2.29 bits per heavy atom. The molecule has 0 aliphatic carbocycles. The van der Waals surface area contributed by atoms with E-state index in [0.29, 0.717) is 6.54 Å². The van der Waals surface area contributed by atoms with Crippen LogP contribution in [0.1, 0.15) is 48.2 Å². The molecule has 0 saturated heterocycles. The van der Waals surface area contributed by atoms with Crippen LogP contribution >= 0.6 is 0 Å². The lowest BCUT2D eigenvalue weighted by atomic mass is 10.00. The van der Waals surface area contributed by atoms with Gasteiger partial charge in [0, 0.05) is 43.0 Å². The van der Waals surface area contributed by atoms with Crippen LogP contribution in [0.4, 0.5) is 0 Å². The second kappa shape index (κ2) is 11.6. The minimum atomic E-state index is 0.0378. The first-order chi connectivity index (χ1) is 16.7. The van der Waals surface area contributed by atoms with Crippen LogP contribution in [0.2, 0.25) is 0 Å². The molecular formula is C29H33N3O2. The molecule has 1 unspecified atom stereocenters. The predicted octanol–water partition coefficient (Wildman–Crippen LogP) is 5.62. The zero-order valence-electron chi connectivity index (χ0n) is 19.7. The molecule has 1 atom stereocenters. The van der Waals surface area contributed by atoms with Crippen LogP contribution < -0.4 is 5.32 Å². The number of aliphatic hydroxyl groups is 1. The van der Waals surface area contributed by atoms with Gasteiger partial charge in [0.2, 0.25) is 0 Å². The number of rotatable bonds is 11. The van der Waals surface area contributed by atoms with Gasteiger partial charge in [0.05, 0.1) is 6.61 Å². The summed E-state index contributed by atoms with van der Waals surface area (Å²) in [5.41, 5.74) is 5.51. The van der Waals surface area contributed by atoms with Crippen LogP contribution in [0.25, 0.3) is 11.4 Å². The maximum Gasteiger partial charge on any atom is 0.140 e. The van der Waals surface area contributed by atoms with Gasteiger partial charge < -0.3 is 20.1 Å². The van der Waals surface area contributed by atoms with Gasteiger partial charge in [-0.25, -0.2) is 4.98 Å². The Labute approximate surface area is 201 Å². The lowest BCUT2D eigenvalue weighted by Crippen LogP contribution is -2.24. The Morgan fingerprint density at radius 1 is 0.912 bits per heavy atom. The first kappa shape index (κ1) is 23.7. The monoisotopic (exact) mass is 455 g/mol. The Kier molecular flexibility index (Phi) is 8.12. The number of aromatic hydroxyl groups is 1. The summed E-state index contributed by atoms with van der Waals surface area (Å²) in [6.07, 6.45) is 5.02. The summed E-state index contributed by atoms with van der Waals surface area (Å²) in [5, 5.41) is 22.8. The van der Waals surface area contributed by atoms with Crippen molar-refractivity contribution >= 4 is 0 Å². The molecule has 0 amide bonds. The molecule has 5 heteroatoms. The fraction of sp³-hybridized carbons (Fsp3) is 0.276. The summed E-state index contributed by atoms with van der Waals surface area (Å²) in [7, 11) is 0. The third-order valence-electron chi connectivity index (χ3n) is 6.17. The molecular weight excluding hydrogens is 422 g/mol. The number of hydrogen-bond donors (Lipinski definition) is 3. The van der Waals surface area contributed by atoms with Crippen molar-refractivity contribution in [1.29, 1.82) is 0 Å². The van der Waals surface area contributed by atoms with Crippen LogP contribution in [0.15, 0.2) is 85.1 Å². The number of nitrogens with zero attached hydrogens (tertiary/aromatic N) is 2. The van der Waals surface area contributed by atoms with Crippen molar-refractivity contribution in [3.05, 3.63) is 107 Å². The quantitative estimate of drug-likeness (QED) is 0.274. The SMILES string of the molecule is CCCCn1c(CC(NCc2ccc(O)cc2)c2ccc(CO)cc2)cnc1-c1ccccc1. The molecule has 0 saturated carbocycles. The van der Waals surface area contributed by atoms with Crippen LogP contribution in [-0.4, -0.2) is 19.8 Å². The van der Waals surface area contributed by atoms with Gasteiger partial charge in [-0.2, -0.15) is 0 Å². The van der Waals surface area contributed by atoms with E-state index in [9.17, 15) is 10.2 Å². The number of phenolic OH excluding ortho intramolecular Hbond substituents is 1. The molecule has 4 rings (SSSR count). The van der Waals surface area contributed by atoms with Gasteiger partial charge in [0.25, 0.3) is 0 Å². The van der Waals surface area contributed by atoms with E-state index in [-0.39, 0.29) is 18.4 Å². The van der Waals surface area contributed by atoms with E-state index in [4.69, 9.17) is 4.98 Å². The summed E-state index contributed by atoms with van der Waals surface area (Å²) in [4.78, 5) is 4.82. The largest absolute Gasteiger partial charge is 0.508 e. The van der Waals surface area contributed by atoms with Crippen molar-refractivity contribution in [3.8, 4) is 17.1 Å². The molecule has 1 heterocycles. The molecule has 34 heavy (non-hydrogen) atoms. The molecule has 0 bridgehead atoms. The lowest BCUT2D eigenvalue weighted by molar-refractivity contribution is 0.282. The predicted molar refractivity (Wildman–Crippen MR) is 136 cm³/mol. The van der Waals surface area contributed by atoms with Gasteiger partial charge in [-0.3, -0.25) is 0 Å². The Balaban J connectivity index is 1.63. The van der Waals surface area contributed by atoms with Crippen molar-refractivity contribution < 1.29 is 10.2 Å². The summed E-state index contributed by atoms with van der Waals surface area (Å²) in [5.74, 6) is 1.28. The third kappa shape index (κ3) is 5.93. The van der Waals surface area contributed by atoms with Crippen LogP contribution in [0, 0.1) is 0 Å². The maximum atomic E-state index is 9.60. The minimum Gasteiger partial charge on any atom is -0.508 e. The van der Waals surface area contributed by atoms with Crippen molar-refractivity contribution in [3.63, 3.8) is 0 Å². The molecule has 3 aromatic carbocycles. The second-order valence-electron chi connectivity index (χ2n) is 8.65. The molecule has 0 aliphatic rings. The smallest absolute Gasteiger partial charge is 0.140 e. The number of imidazole rings is 1. The number of nitrogens with one attached hydrogen (secondary N) is 1. The topological polar surface area (TPSA) is 70.3 Å². The van der Waals surface area contributed by atoms with E-state index in [1.54, 1.807) is 12.1 Å². The molecule has 0 aliphatic heterocycles. The fourth-order valence-electron chi connectivity index (χ4n) is 4.18. The molecule has 4 aromatic rings. The third-order valence-corrected chi connectivity index (χ3v) is 6.17. The fourth-order valence-corrected chi connectivity index (χ4v) is 4.18. The normalized spacial score (nSPS) is 12.1. The minimum absolute atomic E-state index is 0.0378. The Bertz CT molecular complexity index is 1150. The van der Waals surface area contributed by atoms with Gasteiger partial charge >= 0.3 is 0 Å². The van der Waals surface area contributed by atoms with Gasteiger partial charge in [0.15, 0.2) is 0 Å². The lowest BCUT2D eigenvalue weighted by Gasteiger charge is -2.21. The average molecular weight is 456 g/mol. The Hall–Kier alpha value is -3.41. The first-order valence-corrected chi connectivity index (χ1v) is 12.0. The molecule has 0 fully saturated rings. The van der Waals surface area contributed by atoms with E-state index in [0.717, 1.165) is 48.3 Å². The maximum absolute atomic E-state index is 9.60. The highest BCUT2D eigenvalue weighted by molar-refractivity contribution is 5.56. The number of aromatic nitrogens is 2. The van der Waals surface area contributed by atoms with Crippen molar-refractivity contribution in [2.45, 2.75) is 51.9 Å². The molecule has 5 nitrogen and oxygen atoms in total. The molecule has 176 valence electrons. The standard InChI is InChI=1S/C29H33N3O2/c1-2-3-17-32-26(20-31-29(32)25-7-5-4-6-8-25)18-28(24-13-9-23(21-33)10-14-24)30-19-22-11-15-27(34)16-12-22/h4-16,20,28,30,33-34H,2-3,17-19,21H2,1H3. The van der Waals surface area contributed by atoms with E-state index < -0.39 is 0 Å². The summed E-state index contributed by atoms with van der Waals surface area (Å²) in [6.45, 7) is 3.87. The zero-order valence-corrected chi connectivity index (χ0v) is 19.7. The number of aliphatic hydroxyl groups excluding tert-OH is 1. The van der Waals surface area contributed by atoms with Gasteiger partial charge in [-0.1, -0.05) is 80.1 Å².